The van der Waals surface area contributed by atoms with Crippen molar-refractivity contribution in [3.8, 4) is 22.5 Å². The fourth-order valence-corrected chi connectivity index (χ4v) is 2.62. The summed E-state index contributed by atoms with van der Waals surface area (Å²) in [6.07, 6.45) is 0. The monoisotopic (exact) mass is 366 g/mol. The molecule has 0 unspecified atom stereocenters. The van der Waals surface area contributed by atoms with Crippen LogP contribution >= 0.6 is 27.5 Å². The smallest absolute Gasteiger partial charge is 0.178 e. The summed E-state index contributed by atoms with van der Waals surface area (Å²) < 4.78 is 19.2. The molecule has 3 aromatic rings. The van der Waals surface area contributed by atoms with Crippen LogP contribution in [0.15, 0.2) is 51.5 Å². The Labute approximate surface area is 133 Å². The zero-order valence-corrected chi connectivity index (χ0v) is 13.0. The molecule has 0 aliphatic rings. The standard InChI is InChI=1S/C15H9BrClFN2O/c16-9-3-6-12(17)11(7-9)14-13(15(19)20-21-14)8-1-4-10(18)5-2-8/h1-7H,(H2,19,20). The summed E-state index contributed by atoms with van der Waals surface area (Å²) in [7, 11) is 0. The van der Waals surface area contributed by atoms with E-state index in [1.54, 1.807) is 18.2 Å². The molecule has 0 radical (unpaired) electrons. The van der Waals surface area contributed by atoms with Crippen molar-refractivity contribution in [3.05, 3.63) is 57.8 Å². The highest BCUT2D eigenvalue weighted by molar-refractivity contribution is 9.10. The highest BCUT2D eigenvalue weighted by Gasteiger charge is 2.20. The first-order valence-corrected chi connectivity index (χ1v) is 7.20. The number of nitrogens with two attached hydrogens (primary N) is 1. The fraction of sp³-hybridized carbons (Fsp3) is 0. The Morgan fingerprint density at radius 1 is 1.14 bits per heavy atom. The number of nitrogen functional groups attached to an aromatic ring is 1. The molecule has 3 rings (SSSR count). The van der Waals surface area contributed by atoms with Gasteiger partial charge in [-0.15, -0.1) is 0 Å². The van der Waals surface area contributed by atoms with Gasteiger partial charge in [-0.1, -0.05) is 44.8 Å². The summed E-state index contributed by atoms with van der Waals surface area (Å²) in [6.45, 7) is 0. The van der Waals surface area contributed by atoms with Crippen molar-refractivity contribution in [2.75, 3.05) is 5.73 Å². The molecular formula is C15H9BrClFN2O. The number of aromatic nitrogens is 1. The minimum Gasteiger partial charge on any atom is -0.380 e. The van der Waals surface area contributed by atoms with E-state index in [0.29, 0.717) is 27.5 Å². The van der Waals surface area contributed by atoms with Crippen LogP contribution < -0.4 is 5.73 Å². The van der Waals surface area contributed by atoms with E-state index < -0.39 is 0 Å². The van der Waals surface area contributed by atoms with Crippen LogP contribution in [-0.2, 0) is 0 Å². The lowest BCUT2D eigenvalue weighted by molar-refractivity contribution is 0.436. The summed E-state index contributed by atoms with van der Waals surface area (Å²) in [6, 6.07) is 11.3. The second-order valence-corrected chi connectivity index (χ2v) is 5.73. The molecule has 0 aliphatic carbocycles. The van der Waals surface area contributed by atoms with Crippen molar-refractivity contribution >= 4 is 33.3 Å². The average Bonchev–Trinajstić information content (AvgIpc) is 2.84. The van der Waals surface area contributed by atoms with Gasteiger partial charge in [0, 0.05) is 10.0 Å². The van der Waals surface area contributed by atoms with Gasteiger partial charge in [-0.25, -0.2) is 4.39 Å². The summed E-state index contributed by atoms with van der Waals surface area (Å²) in [4.78, 5) is 0. The Balaban J connectivity index is 2.21. The number of hydrogen-bond acceptors (Lipinski definition) is 3. The number of hydrogen-bond donors (Lipinski definition) is 1. The molecule has 0 fully saturated rings. The maximum Gasteiger partial charge on any atom is 0.178 e. The van der Waals surface area contributed by atoms with Gasteiger partial charge in [0.15, 0.2) is 11.6 Å². The van der Waals surface area contributed by atoms with Crippen molar-refractivity contribution in [2.24, 2.45) is 0 Å². The number of benzene rings is 2. The van der Waals surface area contributed by atoms with Crippen molar-refractivity contribution in [1.29, 1.82) is 0 Å². The molecule has 0 saturated carbocycles. The topological polar surface area (TPSA) is 52.0 Å². The molecule has 106 valence electrons. The second kappa shape index (κ2) is 5.50. The van der Waals surface area contributed by atoms with Crippen molar-refractivity contribution in [2.45, 2.75) is 0 Å². The Morgan fingerprint density at radius 2 is 1.86 bits per heavy atom. The first-order valence-electron chi connectivity index (χ1n) is 6.03. The van der Waals surface area contributed by atoms with Crippen LogP contribution in [-0.4, -0.2) is 5.16 Å². The molecule has 0 saturated heterocycles. The van der Waals surface area contributed by atoms with E-state index in [9.17, 15) is 4.39 Å². The normalized spacial score (nSPS) is 10.8. The first kappa shape index (κ1) is 14.1. The van der Waals surface area contributed by atoms with E-state index in [1.165, 1.54) is 12.1 Å². The minimum absolute atomic E-state index is 0.229. The molecule has 21 heavy (non-hydrogen) atoms. The maximum absolute atomic E-state index is 13.1. The predicted molar refractivity (Wildman–Crippen MR) is 84.5 cm³/mol. The molecule has 0 atom stereocenters. The summed E-state index contributed by atoms with van der Waals surface area (Å²) in [5.41, 5.74) is 7.85. The zero-order chi connectivity index (χ0) is 15.0. The van der Waals surface area contributed by atoms with Crippen LogP contribution in [0.2, 0.25) is 5.02 Å². The highest BCUT2D eigenvalue weighted by atomic mass is 79.9. The summed E-state index contributed by atoms with van der Waals surface area (Å²) in [5, 5.41) is 4.31. The first-order chi connectivity index (χ1) is 10.1. The van der Waals surface area contributed by atoms with Crippen LogP contribution in [0, 0.1) is 5.82 Å². The predicted octanol–water partition coefficient (Wildman–Crippen LogP) is 5.15. The molecule has 0 amide bonds. The lowest BCUT2D eigenvalue weighted by Gasteiger charge is -2.05. The Hall–Kier alpha value is -1.85. The zero-order valence-electron chi connectivity index (χ0n) is 10.6. The van der Waals surface area contributed by atoms with Gasteiger partial charge in [0.25, 0.3) is 0 Å². The van der Waals surface area contributed by atoms with Crippen molar-refractivity contribution in [3.63, 3.8) is 0 Å². The molecular weight excluding hydrogens is 359 g/mol. The molecule has 2 aromatic carbocycles. The lowest BCUT2D eigenvalue weighted by Crippen LogP contribution is -1.89. The van der Waals surface area contributed by atoms with Gasteiger partial charge >= 0.3 is 0 Å². The van der Waals surface area contributed by atoms with Gasteiger partial charge in [-0.2, -0.15) is 0 Å². The highest BCUT2D eigenvalue weighted by Crippen LogP contribution is 2.40. The fourth-order valence-electron chi connectivity index (χ4n) is 2.05. The third kappa shape index (κ3) is 2.66. The summed E-state index contributed by atoms with van der Waals surface area (Å²) in [5.74, 6) is 0.355. The van der Waals surface area contributed by atoms with Crippen LogP contribution in [0.3, 0.4) is 0 Å². The quantitative estimate of drug-likeness (QED) is 0.682. The molecule has 0 bridgehead atoms. The number of halogens is 3. The SMILES string of the molecule is Nc1noc(-c2cc(Br)ccc2Cl)c1-c1ccc(F)cc1. The van der Waals surface area contributed by atoms with Crippen molar-refractivity contribution < 1.29 is 8.91 Å². The molecule has 1 aromatic heterocycles. The molecule has 1 heterocycles. The molecule has 0 aliphatic heterocycles. The van der Waals surface area contributed by atoms with Crippen molar-refractivity contribution in [1.82, 2.24) is 5.16 Å². The molecule has 2 N–H and O–H groups in total. The van der Waals surface area contributed by atoms with Gasteiger partial charge < -0.3 is 10.3 Å². The van der Waals surface area contributed by atoms with Gasteiger partial charge in [0.1, 0.15) is 5.82 Å². The van der Waals surface area contributed by atoms with E-state index >= 15 is 0 Å². The minimum atomic E-state index is -0.323. The van der Waals surface area contributed by atoms with Gasteiger partial charge in [-0.3, -0.25) is 0 Å². The molecule has 3 nitrogen and oxygen atoms in total. The van der Waals surface area contributed by atoms with Gasteiger partial charge in [0.2, 0.25) is 0 Å². The third-order valence-electron chi connectivity index (χ3n) is 3.02. The number of rotatable bonds is 2. The van der Waals surface area contributed by atoms with E-state index in [0.717, 1.165) is 4.47 Å². The lowest BCUT2D eigenvalue weighted by atomic mass is 10.0. The Kier molecular flexibility index (Phi) is 3.69. The molecule has 6 heteroatoms. The van der Waals surface area contributed by atoms with Crippen LogP contribution in [0.4, 0.5) is 10.2 Å². The Morgan fingerprint density at radius 3 is 2.57 bits per heavy atom. The average molecular weight is 368 g/mol. The molecule has 0 spiro atoms. The van der Waals surface area contributed by atoms with Gasteiger partial charge in [0.05, 0.1) is 10.6 Å². The van der Waals surface area contributed by atoms with Crippen LogP contribution in [0.5, 0.6) is 0 Å². The summed E-state index contributed by atoms with van der Waals surface area (Å²) >= 11 is 9.60. The van der Waals surface area contributed by atoms with E-state index in [2.05, 4.69) is 21.1 Å². The van der Waals surface area contributed by atoms with Crippen LogP contribution in [0.25, 0.3) is 22.5 Å². The van der Waals surface area contributed by atoms with E-state index in [-0.39, 0.29) is 11.6 Å². The number of nitrogens with zero attached hydrogens (tertiary/aromatic N) is 1. The van der Waals surface area contributed by atoms with Crippen LogP contribution in [0.1, 0.15) is 0 Å². The Bertz CT molecular complexity index is 802. The maximum atomic E-state index is 13.1. The number of anilines is 1. The largest absolute Gasteiger partial charge is 0.380 e. The van der Waals surface area contributed by atoms with E-state index in [1.807, 2.05) is 12.1 Å². The van der Waals surface area contributed by atoms with E-state index in [4.69, 9.17) is 21.9 Å². The van der Waals surface area contributed by atoms with Gasteiger partial charge in [-0.05, 0) is 35.9 Å². The second-order valence-electron chi connectivity index (χ2n) is 4.40. The third-order valence-corrected chi connectivity index (χ3v) is 3.85.